The number of aromatic nitrogens is 2. The van der Waals surface area contributed by atoms with Gasteiger partial charge in [-0.25, -0.2) is 8.78 Å². The highest BCUT2D eigenvalue weighted by Crippen LogP contribution is 2.51. The van der Waals surface area contributed by atoms with Crippen LogP contribution in [0.1, 0.15) is 38.7 Å². The summed E-state index contributed by atoms with van der Waals surface area (Å²) in [7, 11) is 2.06. The van der Waals surface area contributed by atoms with Gasteiger partial charge in [-0.15, -0.1) is 11.3 Å². The van der Waals surface area contributed by atoms with Gasteiger partial charge in [-0.2, -0.15) is 15.2 Å². The Labute approximate surface area is 262 Å². The Morgan fingerprint density at radius 1 is 1.27 bits per heavy atom. The second-order valence-corrected chi connectivity index (χ2v) is 13.2. The molecule has 0 spiro atoms. The van der Waals surface area contributed by atoms with Crippen LogP contribution < -0.4 is 20.1 Å². The molecule has 0 aliphatic carbocycles. The SMILES string of the molecule is CCC1(N2CCOc3c(Cl)c(-c4ccc(F)c5sc(N)c(C#N)c45)c(F)c4nc(O[C@@H](C)[C@@H]5CCCN5C)nc2c34)COC1. The van der Waals surface area contributed by atoms with Gasteiger partial charge in [-0.1, -0.05) is 24.6 Å². The van der Waals surface area contributed by atoms with E-state index in [1.165, 1.54) is 12.1 Å². The Bertz CT molecular complexity index is 1850. The van der Waals surface area contributed by atoms with Gasteiger partial charge in [0.15, 0.2) is 11.6 Å². The normalized spacial score (nSPS) is 20.3. The number of rotatable bonds is 6. The maximum absolute atomic E-state index is 17.1. The van der Waals surface area contributed by atoms with Crippen LogP contribution in [0.15, 0.2) is 12.1 Å². The fourth-order valence-corrected chi connectivity index (χ4v) is 8.12. The van der Waals surface area contributed by atoms with E-state index in [1.54, 1.807) is 0 Å². The summed E-state index contributed by atoms with van der Waals surface area (Å²) in [6, 6.07) is 4.88. The Kier molecular flexibility index (Phi) is 7.20. The van der Waals surface area contributed by atoms with E-state index in [2.05, 4.69) is 28.8 Å². The van der Waals surface area contributed by atoms with Gasteiger partial charge in [0, 0.05) is 17.0 Å². The molecule has 4 aromatic rings. The second-order valence-electron chi connectivity index (χ2n) is 11.7. The second kappa shape index (κ2) is 10.8. The molecule has 2 N–H and O–H groups in total. The highest BCUT2D eigenvalue weighted by atomic mass is 35.5. The molecule has 3 aliphatic heterocycles. The molecule has 2 saturated heterocycles. The minimum Gasteiger partial charge on any atom is -0.489 e. The Hall–Kier alpha value is -3.50. The van der Waals surface area contributed by atoms with Crippen molar-refractivity contribution >= 4 is 54.7 Å². The molecular formula is C31H31ClF2N6O3S. The average Bonchev–Trinajstić information content (AvgIpc) is 3.51. The molecule has 0 saturated carbocycles. The third kappa shape index (κ3) is 4.28. The predicted octanol–water partition coefficient (Wildman–Crippen LogP) is 6.14. The number of fused-ring (bicyclic) bond motifs is 1. The first-order valence-electron chi connectivity index (χ1n) is 14.7. The lowest BCUT2D eigenvalue weighted by Crippen LogP contribution is -2.63. The van der Waals surface area contributed by atoms with Gasteiger partial charge in [0.1, 0.15) is 40.9 Å². The number of nitriles is 1. The van der Waals surface area contributed by atoms with E-state index in [9.17, 15) is 9.65 Å². The molecule has 3 aliphatic rings. The van der Waals surface area contributed by atoms with Gasteiger partial charge < -0.3 is 24.8 Å². The van der Waals surface area contributed by atoms with Crippen molar-refractivity contribution in [2.24, 2.45) is 0 Å². The topological polar surface area (TPSA) is 110 Å². The van der Waals surface area contributed by atoms with Crippen LogP contribution >= 0.6 is 22.9 Å². The van der Waals surface area contributed by atoms with Gasteiger partial charge in [0.2, 0.25) is 0 Å². The largest absolute Gasteiger partial charge is 0.489 e. The van der Waals surface area contributed by atoms with Crippen molar-refractivity contribution in [3.63, 3.8) is 0 Å². The molecule has 44 heavy (non-hydrogen) atoms. The molecule has 2 aromatic carbocycles. The number of nitrogens with two attached hydrogens (primary N) is 1. The molecular weight excluding hydrogens is 610 g/mol. The van der Waals surface area contributed by atoms with Crippen molar-refractivity contribution in [2.75, 3.05) is 50.6 Å². The maximum atomic E-state index is 17.1. The lowest BCUT2D eigenvalue weighted by Gasteiger charge is -2.49. The van der Waals surface area contributed by atoms with Crippen LogP contribution in [0.25, 0.3) is 32.1 Å². The number of thiophene rings is 1. The number of likely N-dealkylation sites (tertiary alicyclic amines) is 1. The summed E-state index contributed by atoms with van der Waals surface area (Å²) < 4.78 is 50.4. The molecule has 0 amide bonds. The van der Waals surface area contributed by atoms with E-state index >= 15 is 4.39 Å². The zero-order chi connectivity index (χ0) is 30.9. The first kappa shape index (κ1) is 29.2. The molecule has 2 fully saturated rings. The van der Waals surface area contributed by atoms with Gasteiger partial charge in [-0.3, -0.25) is 4.90 Å². The Morgan fingerprint density at radius 2 is 2.07 bits per heavy atom. The first-order valence-corrected chi connectivity index (χ1v) is 15.9. The van der Waals surface area contributed by atoms with Crippen LogP contribution in [-0.2, 0) is 4.74 Å². The monoisotopic (exact) mass is 640 g/mol. The van der Waals surface area contributed by atoms with Gasteiger partial charge in [-0.05, 0) is 51.4 Å². The fraction of sp³-hybridized carbons (Fsp3) is 0.452. The van der Waals surface area contributed by atoms with Crippen molar-refractivity contribution in [2.45, 2.75) is 50.8 Å². The summed E-state index contributed by atoms with van der Waals surface area (Å²) in [5.74, 6) is -0.640. The molecule has 0 radical (unpaired) electrons. The quantitative estimate of drug-likeness (QED) is 0.266. The molecule has 0 bridgehead atoms. The summed E-state index contributed by atoms with van der Waals surface area (Å²) in [4.78, 5) is 13.9. The predicted molar refractivity (Wildman–Crippen MR) is 167 cm³/mol. The number of hydrogen-bond donors (Lipinski definition) is 1. The number of ether oxygens (including phenoxy) is 3. The van der Waals surface area contributed by atoms with E-state index in [0.29, 0.717) is 31.0 Å². The Morgan fingerprint density at radius 3 is 2.73 bits per heavy atom. The summed E-state index contributed by atoms with van der Waals surface area (Å²) in [5, 5.41) is 10.5. The zero-order valence-electron chi connectivity index (χ0n) is 24.5. The van der Waals surface area contributed by atoms with Crippen LogP contribution in [0.3, 0.4) is 0 Å². The average molecular weight is 641 g/mol. The molecule has 9 nitrogen and oxygen atoms in total. The highest BCUT2D eigenvalue weighted by Gasteiger charge is 2.46. The van der Waals surface area contributed by atoms with Crippen LogP contribution in [0.2, 0.25) is 5.02 Å². The van der Waals surface area contributed by atoms with Crippen molar-refractivity contribution in [1.29, 1.82) is 5.26 Å². The molecule has 0 unspecified atom stereocenters. The fourth-order valence-electron chi connectivity index (χ4n) is 6.83. The molecule has 2 aromatic heterocycles. The molecule has 13 heteroatoms. The maximum Gasteiger partial charge on any atom is 0.319 e. The third-order valence-electron chi connectivity index (χ3n) is 9.34. The first-order chi connectivity index (χ1) is 21.2. The Balaban J connectivity index is 1.50. The van der Waals surface area contributed by atoms with E-state index < -0.39 is 11.6 Å². The highest BCUT2D eigenvalue weighted by molar-refractivity contribution is 7.23. The van der Waals surface area contributed by atoms with Crippen LogP contribution in [-0.4, -0.2) is 72.5 Å². The van der Waals surface area contributed by atoms with E-state index in [1.807, 2.05) is 13.0 Å². The van der Waals surface area contributed by atoms with Gasteiger partial charge >= 0.3 is 6.01 Å². The lowest BCUT2D eigenvalue weighted by molar-refractivity contribution is -0.0601. The van der Waals surface area contributed by atoms with Crippen molar-refractivity contribution < 1.29 is 23.0 Å². The third-order valence-corrected chi connectivity index (χ3v) is 10.7. The number of benzene rings is 2. The smallest absolute Gasteiger partial charge is 0.319 e. The summed E-state index contributed by atoms with van der Waals surface area (Å²) in [6.45, 7) is 6.69. The molecule has 230 valence electrons. The van der Waals surface area contributed by atoms with Gasteiger partial charge in [0.05, 0.1) is 46.0 Å². The zero-order valence-corrected chi connectivity index (χ0v) is 26.1. The standard InChI is InChI=1S/C31H31ClF2N6O3S/c1-4-31(13-41-14-31)40-10-11-42-26-22-25(37-30(38-29(22)40)43-15(2)19-6-5-9-39(19)3)24(34)21(23(26)32)16-7-8-18(33)27-20(16)17(12-35)28(36)44-27/h7-8,15,19H,4-6,9-11,13-14,36H2,1-3H3/t15-,19-/m0/s1. The van der Waals surface area contributed by atoms with E-state index in [-0.39, 0.29) is 78.4 Å². The summed E-state index contributed by atoms with van der Waals surface area (Å²) in [5.41, 5.74) is 5.91. The van der Waals surface area contributed by atoms with Gasteiger partial charge in [0.25, 0.3) is 0 Å². The number of anilines is 2. The number of halogens is 3. The minimum atomic E-state index is -0.754. The van der Waals surface area contributed by atoms with Crippen LogP contribution in [0, 0.1) is 23.0 Å². The van der Waals surface area contributed by atoms with Crippen molar-refractivity contribution in [1.82, 2.24) is 14.9 Å². The summed E-state index contributed by atoms with van der Waals surface area (Å²) >= 11 is 7.95. The van der Waals surface area contributed by atoms with E-state index in [0.717, 1.165) is 37.1 Å². The lowest BCUT2D eigenvalue weighted by atomic mass is 9.91. The molecule has 2 atom stereocenters. The number of nitrogens with zero attached hydrogens (tertiary/aromatic N) is 5. The molecule has 7 rings (SSSR count). The molecule has 5 heterocycles. The minimum absolute atomic E-state index is 0.0201. The number of hydrogen-bond acceptors (Lipinski definition) is 10. The van der Waals surface area contributed by atoms with Crippen molar-refractivity contribution in [3.8, 4) is 29.0 Å². The number of nitrogen functional groups attached to an aromatic ring is 1. The van der Waals surface area contributed by atoms with E-state index in [4.69, 9.17) is 36.5 Å². The van der Waals surface area contributed by atoms with Crippen molar-refractivity contribution in [3.05, 3.63) is 34.4 Å². The van der Waals surface area contributed by atoms with Crippen LogP contribution in [0.5, 0.6) is 11.8 Å². The number of likely N-dealkylation sites (N-methyl/N-ethyl adjacent to an activating group) is 1. The van der Waals surface area contributed by atoms with Crippen LogP contribution in [0.4, 0.5) is 19.6 Å². The summed E-state index contributed by atoms with van der Waals surface area (Å²) in [6.07, 6.45) is 2.55.